The van der Waals surface area contributed by atoms with Crippen LogP contribution in [0.4, 0.5) is 0 Å². The molecular formula is C9H21N6Na. The Labute approximate surface area is 120 Å². The maximum Gasteiger partial charge on any atom is 1.00 e. The van der Waals surface area contributed by atoms with Gasteiger partial charge in [0, 0.05) is 11.5 Å². The van der Waals surface area contributed by atoms with Gasteiger partial charge in [-0.15, -0.1) is 0 Å². The molecule has 7 heteroatoms. The summed E-state index contributed by atoms with van der Waals surface area (Å²) in [4.78, 5) is 4.10. The maximum atomic E-state index is 7.75. The summed E-state index contributed by atoms with van der Waals surface area (Å²) < 4.78 is 0. The fraction of sp³-hybridized carbons (Fsp3) is 1.00. The number of hydrogen-bond acceptors (Lipinski definition) is 1. The number of azide groups is 1. The van der Waals surface area contributed by atoms with Crippen molar-refractivity contribution < 1.29 is 29.6 Å². The van der Waals surface area contributed by atoms with Crippen molar-refractivity contribution in [2.45, 2.75) is 52.9 Å². The van der Waals surface area contributed by atoms with E-state index in [1.54, 1.807) is 0 Å². The number of unbranched alkanes of at least 4 members (excludes halogenated alkanes) is 3. The molecule has 0 aromatic carbocycles. The van der Waals surface area contributed by atoms with Crippen LogP contribution in [0, 0.1) is 0 Å². The number of hydrogen-bond donors (Lipinski definition) is 0. The quantitative estimate of drug-likeness (QED) is 0.229. The Kier molecular flexibility index (Phi) is 56.4. The van der Waals surface area contributed by atoms with Gasteiger partial charge in [-0.2, -0.15) is 0 Å². The van der Waals surface area contributed by atoms with Crippen molar-refractivity contribution in [3.8, 4) is 0 Å². The van der Waals surface area contributed by atoms with Gasteiger partial charge in [-0.3, -0.25) is 4.91 Å². The van der Waals surface area contributed by atoms with E-state index in [9.17, 15) is 0 Å². The van der Waals surface area contributed by atoms with Gasteiger partial charge in [-0.1, -0.05) is 51.6 Å². The van der Waals surface area contributed by atoms with E-state index in [-0.39, 0.29) is 29.6 Å². The van der Waals surface area contributed by atoms with Crippen LogP contribution in [0.2, 0.25) is 0 Å². The van der Waals surface area contributed by atoms with Crippen LogP contribution in [0.1, 0.15) is 52.9 Å². The van der Waals surface area contributed by atoms with Gasteiger partial charge in [-0.05, 0) is 12.0 Å². The van der Waals surface area contributed by atoms with Crippen LogP contribution < -0.4 is 29.6 Å². The average molecular weight is 236 g/mol. The van der Waals surface area contributed by atoms with Crippen LogP contribution in [0.15, 0.2) is 5.11 Å². The van der Waals surface area contributed by atoms with E-state index in [1.165, 1.54) is 24.2 Å². The minimum absolute atomic E-state index is 0. The first-order chi connectivity index (χ1) is 7.24. The molecule has 0 bridgehead atoms. The Bertz CT molecular complexity index is 171. The molecule has 0 aliphatic heterocycles. The summed E-state index contributed by atoms with van der Waals surface area (Å²) in [6, 6.07) is 0. The standard InChI is InChI=1S/C5H12.C4H9N3.N3.Na/c1-3-5-4-2;1-2-3-4-6-7-5;1-3-2;/h3-5H2,1-2H3;2-4H2,1H3;;/q;;-1;+1. The van der Waals surface area contributed by atoms with E-state index in [1.807, 2.05) is 0 Å². The van der Waals surface area contributed by atoms with Crippen molar-refractivity contribution in [3.05, 3.63) is 26.4 Å². The zero-order valence-corrected chi connectivity index (χ0v) is 12.9. The monoisotopic (exact) mass is 236 g/mol. The molecule has 0 aromatic rings. The van der Waals surface area contributed by atoms with Gasteiger partial charge in [0.2, 0.25) is 0 Å². The van der Waals surface area contributed by atoms with Crippen molar-refractivity contribution in [1.29, 1.82) is 0 Å². The number of nitrogens with zero attached hydrogens (tertiary/aromatic N) is 6. The third kappa shape index (κ3) is 68.7. The second-order valence-electron chi connectivity index (χ2n) is 2.75. The first kappa shape index (κ1) is 24.7. The molecule has 0 saturated carbocycles. The minimum Gasteiger partial charge on any atom is -0.373 e. The minimum atomic E-state index is 0. The molecule has 88 valence electrons. The average Bonchev–Trinajstić information content (AvgIpc) is 2.22. The molecule has 0 heterocycles. The van der Waals surface area contributed by atoms with Gasteiger partial charge in [0.1, 0.15) is 0 Å². The van der Waals surface area contributed by atoms with Gasteiger partial charge in [-0.25, -0.2) is 0 Å². The first-order valence-corrected chi connectivity index (χ1v) is 5.24. The summed E-state index contributed by atoms with van der Waals surface area (Å²) >= 11 is 0. The normalized spacial score (nSPS) is 6.44. The molecule has 0 spiro atoms. The molecular weight excluding hydrogens is 215 g/mol. The molecule has 0 amide bonds. The first-order valence-electron chi connectivity index (χ1n) is 5.24. The summed E-state index contributed by atoms with van der Waals surface area (Å²) in [5, 5.41) is 3.34. The van der Waals surface area contributed by atoms with E-state index in [0.717, 1.165) is 12.8 Å². The van der Waals surface area contributed by atoms with Gasteiger partial charge in [0.05, 0.1) is 0 Å². The van der Waals surface area contributed by atoms with E-state index in [4.69, 9.17) is 16.6 Å². The largest absolute Gasteiger partial charge is 1.00 e. The van der Waals surface area contributed by atoms with Gasteiger partial charge >= 0.3 is 29.6 Å². The smallest absolute Gasteiger partial charge is 0.373 e. The van der Waals surface area contributed by atoms with E-state index >= 15 is 0 Å². The van der Waals surface area contributed by atoms with E-state index < -0.39 is 0 Å². The molecule has 0 aromatic heterocycles. The van der Waals surface area contributed by atoms with Crippen molar-refractivity contribution in [1.82, 2.24) is 0 Å². The SMILES string of the molecule is CCCCC.CCCCN=[N+]=[N-].[N-]=[N+]=[N-].[Na+]. The molecule has 0 atom stereocenters. The van der Waals surface area contributed by atoms with E-state index in [0.29, 0.717) is 6.54 Å². The summed E-state index contributed by atoms with van der Waals surface area (Å²) in [5.74, 6) is 0. The van der Waals surface area contributed by atoms with Crippen LogP contribution in [0.3, 0.4) is 0 Å². The second-order valence-corrected chi connectivity index (χ2v) is 2.75. The van der Waals surface area contributed by atoms with Gasteiger partial charge in [0.15, 0.2) is 0 Å². The zero-order chi connectivity index (χ0) is 12.4. The molecule has 0 unspecified atom stereocenters. The Hall–Kier alpha value is -0.380. The fourth-order valence-corrected chi connectivity index (χ4v) is 0.627. The van der Waals surface area contributed by atoms with Crippen molar-refractivity contribution >= 4 is 0 Å². The Morgan fingerprint density at radius 1 is 0.875 bits per heavy atom. The van der Waals surface area contributed by atoms with Crippen LogP contribution >= 0.6 is 0 Å². The molecule has 16 heavy (non-hydrogen) atoms. The van der Waals surface area contributed by atoms with Crippen LogP contribution in [0.5, 0.6) is 0 Å². The van der Waals surface area contributed by atoms with Crippen LogP contribution in [-0.4, -0.2) is 6.54 Å². The van der Waals surface area contributed by atoms with Crippen molar-refractivity contribution in [2.75, 3.05) is 6.54 Å². The molecule has 0 aliphatic rings. The molecule has 0 N–H and O–H groups in total. The number of rotatable bonds is 5. The Balaban J connectivity index is -0.0000000710. The molecule has 0 rings (SSSR count). The zero-order valence-electron chi connectivity index (χ0n) is 10.9. The molecule has 0 aliphatic carbocycles. The summed E-state index contributed by atoms with van der Waals surface area (Å²) in [7, 11) is 0. The summed E-state index contributed by atoms with van der Waals surface area (Å²) in [6.45, 7) is 7.13. The maximum absolute atomic E-state index is 7.75. The predicted molar refractivity (Wildman–Crippen MR) is 64.2 cm³/mol. The fourth-order valence-electron chi connectivity index (χ4n) is 0.627. The van der Waals surface area contributed by atoms with Gasteiger partial charge < -0.3 is 11.1 Å². The van der Waals surface area contributed by atoms with Crippen molar-refractivity contribution in [2.24, 2.45) is 5.11 Å². The molecule has 0 fully saturated rings. The Morgan fingerprint density at radius 2 is 1.25 bits per heavy atom. The molecule has 0 radical (unpaired) electrons. The summed E-state index contributed by atoms with van der Waals surface area (Å²) in [6.07, 6.45) is 6.18. The predicted octanol–water partition coefficient (Wildman–Crippen LogP) is 2.16. The Morgan fingerprint density at radius 3 is 1.44 bits per heavy atom. The molecule has 6 nitrogen and oxygen atoms in total. The van der Waals surface area contributed by atoms with E-state index in [2.05, 4.69) is 30.8 Å². The third-order valence-corrected chi connectivity index (χ3v) is 1.38. The van der Waals surface area contributed by atoms with Crippen LogP contribution in [-0.2, 0) is 0 Å². The second kappa shape index (κ2) is 36.5. The van der Waals surface area contributed by atoms with Gasteiger partial charge in [0.25, 0.3) is 0 Å². The summed E-state index contributed by atoms with van der Waals surface area (Å²) in [5.41, 5.74) is 21.3. The third-order valence-electron chi connectivity index (χ3n) is 1.38. The topological polar surface area (TPSA) is 107 Å². The van der Waals surface area contributed by atoms with Crippen LogP contribution in [0.25, 0.3) is 26.4 Å². The van der Waals surface area contributed by atoms with Crippen molar-refractivity contribution in [3.63, 3.8) is 0 Å². The molecule has 0 saturated heterocycles.